The van der Waals surface area contributed by atoms with E-state index in [1.54, 1.807) is 0 Å². The third-order valence-corrected chi connectivity index (χ3v) is 12.6. The Morgan fingerprint density at radius 1 is 0.407 bits per heavy atom. The Labute approximate surface area is 488 Å². The number of allylic oxidation sites excluding steroid dienone is 26. The molecule has 0 bridgehead atoms. The number of carboxylic acids is 1. The molecule has 1 fully saturated rings. The monoisotopic (exact) mass is 1120 g/mol. The minimum Gasteiger partial charge on any atom is -0.479 e. The Hall–Kier alpha value is -5.66. The van der Waals surface area contributed by atoms with E-state index in [9.17, 15) is 34.5 Å². The molecule has 0 aromatic rings. The molecule has 3 N–H and O–H groups in total. The van der Waals surface area contributed by atoms with Gasteiger partial charge in [0, 0.05) is 19.3 Å². The molecule has 0 spiro atoms. The van der Waals surface area contributed by atoms with Crippen LogP contribution in [0.3, 0.4) is 0 Å². The topological polar surface area (TPSA) is 175 Å². The quantitative estimate of drug-likeness (QED) is 0.0228. The van der Waals surface area contributed by atoms with Crippen LogP contribution in [0.1, 0.15) is 201 Å². The van der Waals surface area contributed by atoms with Crippen molar-refractivity contribution in [3.05, 3.63) is 158 Å². The van der Waals surface area contributed by atoms with Crippen molar-refractivity contribution in [2.45, 2.75) is 237 Å². The predicted octanol–water partition coefficient (Wildman–Crippen LogP) is 16.1. The third kappa shape index (κ3) is 44.7. The number of aliphatic hydroxyl groups excluding tert-OH is 2. The van der Waals surface area contributed by atoms with Crippen LogP contribution in [0.4, 0.5) is 0 Å². The van der Waals surface area contributed by atoms with Crippen molar-refractivity contribution >= 4 is 23.9 Å². The van der Waals surface area contributed by atoms with Crippen molar-refractivity contribution < 1.29 is 58.2 Å². The first-order chi connectivity index (χ1) is 39.6. The fraction of sp³-hybridized carbons (Fsp3) is 0.565. The summed E-state index contributed by atoms with van der Waals surface area (Å²) >= 11 is 0. The first-order valence-electron chi connectivity index (χ1n) is 30.5. The number of rotatable bonds is 49. The van der Waals surface area contributed by atoms with Crippen LogP contribution in [-0.4, -0.2) is 89.2 Å². The van der Waals surface area contributed by atoms with Gasteiger partial charge in [-0.25, -0.2) is 4.79 Å². The number of aliphatic carboxylic acids is 1. The molecular weight excluding hydrogens is 1020 g/mol. The second-order valence-corrected chi connectivity index (χ2v) is 19.8. The van der Waals surface area contributed by atoms with Gasteiger partial charge < -0.3 is 39.0 Å². The van der Waals surface area contributed by atoms with Gasteiger partial charge in [-0.2, -0.15) is 0 Å². The van der Waals surface area contributed by atoms with Crippen LogP contribution >= 0.6 is 0 Å². The van der Waals surface area contributed by atoms with E-state index in [4.69, 9.17) is 23.7 Å². The van der Waals surface area contributed by atoms with Gasteiger partial charge in [-0.3, -0.25) is 14.4 Å². The predicted molar refractivity (Wildman–Crippen MR) is 330 cm³/mol. The van der Waals surface area contributed by atoms with Crippen molar-refractivity contribution in [1.29, 1.82) is 0 Å². The summed E-state index contributed by atoms with van der Waals surface area (Å²) in [7, 11) is 0. The fourth-order valence-electron chi connectivity index (χ4n) is 8.03. The maximum Gasteiger partial charge on any atom is 0.335 e. The molecule has 0 saturated carbocycles. The van der Waals surface area contributed by atoms with E-state index >= 15 is 0 Å². The summed E-state index contributed by atoms with van der Waals surface area (Å²) in [5.41, 5.74) is 0. The second-order valence-electron chi connectivity index (χ2n) is 19.8. The Morgan fingerprint density at radius 2 is 0.753 bits per heavy atom. The minimum atomic E-state index is -1.94. The fourth-order valence-corrected chi connectivity index (χ4v) is 8.03. The molecule has 6 unspecified atom stereocenters. The number of ether oxygens (including phenoxy) is 5. The summed E-state index contributed by atoms with van der Waals surface area (Å²) in [4.78, 5) is 51.2. The molecule has 0 amide bonds. The SMILES string of the molecule is CC/C=C\C/C=C\C/C=C\C/C=C\C/C=C\CCCC(=O)OC1C(OCC(COC(=O)CCCCCCCC/C=C\C/C=C\C/C=C\C/C=C\CC)OC(=O)CCCC/C=C\C/C=C\C/C=C\C/C=C\CC)OC(C(=O)O)C(O)C1O. The highest BCUT2D eigenvalue weighted by Crippen LogP contribution is 2.26. The van der Waals surface area contributed by atoms with E-state index in [2.05, 4.69) is 167 Å². The first-order valence-corrected chi connectivity index (χ1v) is 30.5. The van der Waals surface area contributed by atoms with Crippen LogP contribution in [0.5, 0.6) is 0 Å². The molecule has 12 heteroatoms. The van der Waals surface area contributed by atoms with Gasteiger partial charge in [-0.15, -0.1) is 0 Å². The van der Waals surface area contributed by atoms with Crippen LogP contribution < -0.4 is 0 Å². The highest BCUT2D eigenvalue weighted by atomic mass is 16.7. The standard InChI is InChI=1S/C69H104O12/c1-4-7-10-13-16-19-22-25-28-30-31-33-35-37-40-43-46-49-52-55-61(70)77-58-60(79-62(71)56-53-50-47-44-41-38-34-27-24-21-18-15-12-9-6-3)59-78-69-67(65(74)64(73)66(81-69)68(75)76)80-63(72)57-54-51-48-45-42-39-36-32-29-26-23-20-17-14-11-8-5-2/h7-12,16-21,25-29,31,33-34,36,39,41,44-45,48,60,64-67,69,73-74H,4-6,13-15,22-24,30,32,35,37-38,40,42-43,46-47,49-59H2,1-3H3,(H,75,76)/b10-7-,11-8-,12-9-,19-16-,20-17-,21-18-,28-25-,29-26-,33-31-,34-27-,39-36-,44-41-,48-45-. The van der Waals surface area contributed by atoms with Crippen LogP contribution in [0.2, 0.25) is 0 Å². The van der Waals surface area contributed by atoms with E-state index in [1.807, 2.05) is 12.2 Å². The normalized spacial score (nSPS) is 18.9. The van der Waals surface area contributed by atoms with E-state index in [-0.39, 0.29) is 25.9 Å². The molecule has 1 aliphatic heterocycles. The van der Waals surface area contributed by atoms with Gasteiger partial charge in [0.1, 0.15) is 18.8 Å². The Morgan fingerprint density at radius 3 is 1.19 bits per heavy atom. The molecule has 0 aromatic carbocycles. The Balaban J connectivity index is 2.76. The largest absolute Gasteiger partial charge is 0.479 e. The first kappa shape index (κ1) is 73.4. The highest BCUT2D eigenvalue weighted by molar-refractivity contribution is 5.74. The third-order valence-electron chi connectivity index (χ3n) is 12.6. The van der Waals surface area contributed by atoms with Crippen LogP contribution in [0.25, 0.3) is 0 Å². The maximum absolute atomic E-state index is 13.2. The molecule has 1 rings (SSSR count). The van der Waals surface area contributed by atoms with E-state index in [0.717, 1.165) is 135 Å². The lowest BCUT2D eigenvalue weighted by atomic mass is 9.98. The van der Waals surface area contributed by atoms with Gasteiger partial charge in [0.25, 0.3) is 0 Å². The average Bonchev–Trinajstić information content (AvgIpc) is 3.53. The van der Waals surface area contributed by atoms with Crippen LogP contribution in [0.15, 0.2) is 158 Å². The molecule has 6 atom stereocenters. The lowest BCUT2D eigenvalue weighted by Crippen LogP contribution is -2.61. The molecule has 12 nitrogen and oxygen atoms in total. The highest BCUT2D eigenvalue weighted by Gasteiger charge is 2.50. The zero-order chi connectivity index (χ0) is 58.9. The van der Waals surface area contributed by atoms with Crippen LogP contribution in [-0.2, 0) is 42.9 Å². The second kappa shape index (κ2) is 54.9. The van der Waals surface area contributed by atoms with Crippen LogP contribution in [0, 0.1) is 0 Å². The lowest BCUT2D eigenvalue weighted by molar-refractivity contribution is -0.301. The van der Waals surface area contributed by atoms with Gasteiger partial charge in [-0.05, 0) is 135 Å². The number of hydrogen-bond donors (Lipinski definition) is 3. The summed E-state index contributed by atoms with van der Waals surface area (Å²) in [5, 5.41) is 31.5. The van der Waals surface area contributed by atoms with Gasteiger partial charge in [0.05, 0.1) is 6.61 Å². The molecule has 0 radical (unpaired) electrons. The molecule has 1 aliphatic rings. The Kier molecular flexibility index (Phi) is 49.7. The van der Waals surface area contributed by atoms with Gasteiger partial charge in [0.15, 0.2) is 24.6 Å². The number of aliphatic hydroxyl groups is 2. The zero-order valence-corrected chi connectivity index (χ0v) is 49.7. The number of carbonyl (C=O) groups is 4. The molecule has 0 aromatic heterocycles. The summed E-state index contributed by atoms with van der Waals surface area (Å²) in [6.07, 6.45) is 67.8. The summed E-state index contributed by atoms with van der Waals surface area (Å²) in [6, 6.07) is 0. The average molecular weight is 1130 g/mol. The van der Waals surface area contributed by atoms with Crippen molar-refractivity contribution in [2.75, 3.05) is 13.2 Å². The van der Waals surface area contributed by atoms with E-state index < -0.39 is 67.3 Å². The number of carbonyl (C=O) groups excluding carboxylic acids is 3. The molecule has 1 heterocycles. The smallest absolute Gasteiger partial charge is 0.335 e. The van der Waals surface area contributed by atoms with Crippen molar-refractivity contribution in [2.24, 2.45) is 0 Å². The van der Waals surface area contributed by atoms with Gasteiger partial charge in [0.2, 0.25) is 0 Å². The van der Waals surface area contributed by atoms with Gasteiger partial charge in [-0.1, -0.05) is 204 Å². The van der Waals surface area contributed by atoms with Crippen molar-refractivity contribution in [3.63, 3.8) is 0 Å². The number of carboxylic acid groups (broad SMARTS) is 1. The van der Waals surface area contributed by atoms with Gasteiger partial charge >= 0.3 is 23.9 Å². The molecular formula is C69H104O12. The zero-order valence-electron chi connectivity index (χ0n) is 49.7. The summed E-state index contributed by atoms with van der Waals surface area (Å²) in [5.74, 6) is -3.30. The number of esters is 3. The van der Waals surface area contributed by atoms with E-state index in [1.165, 1.54) is 0 Å². The number of hydrogen-bond acceptors (Lipinski definition) is 11. The molecule has 0 aliphatic carbocycles. The lowest BCUT2D eigenvalue weighted by Gasteiger charge is -2.40. The van der Waals surface area contributed by atoms with E-state index in [0.29, 0.717) is 25.7 Å². The molecule has 452 valence electrons. The van der Waals surface area contributed by atoms with Crippen molar-refractivity contribution in [3.8, 4) is 0 Å². The molecule has 1 saturated heterocycles. The Bertz CT molecular complexity index is 2010. The summed E-state index contributed by atoms with van der Waals surface area (Å²) in [6.45, 7) is 5.56. The van der Waals surface area contributed by atoms with Crippen molar-refractivity contribution in [1.82, 2.24) is 0 Å². The number of unbranched alkanes of at least 4 members (excludes halogenated alkanes) is 9. The molecule has 81 heavy (non-hydrogen) atoms. The minimum absolute atomic E-state index is 0.0339. The summed E-state index contributed by atoms with van der Waals surface area (Å²) < 4.78 is 28.3. The maximum atomic E-state index is 13.2.